The maximum Gasteiger partial charge on any atom is 0.356 e. The number of hydrogen-bond acceptors (Lipinski definition) is 18. The predicted octanol–water partition coefficient (Wildman–Crippen LogP) is 6.49. The minimum absolute atomic E-state index is 0.0219. The second-order valence-corrected chi connectivity index (χ2v) is 14.1. The van der Waals surface area contributed by atoms with Gasteiger partial charge in [0.2, 0.25) is 5.60 Å². The van der Waals surface area contributed by atoms with E-state index in [-0.39, 0.29) is 80.4 Å². The summed E-state index contributed by atoms with van der Waals surface area (Å²) < 4.78 is 13.0. The maximum absolute atomic E-state index is 14.4. The molecule has 2 atom stereocenters. The third-order valence-electron chi connectivity index (χ3n) is 10.8. The van der Waals surface area contributed by atoms with Gasteiger partial charge in [-0.3, -0.25) is 4.79 Å². The number of hydrogen-bond donors (Lipinski definition) is 1. The summed E-state index contributed by atoms with van der Waals surface area (Å²) >= 11 is 0. The van der Waals surface area contributed by atoms with Crippen LogP contribution < -0.4 is 5.56 Å². The van der Waals surface area contributed by atoms with Crippen LogP contribution >= 0.6 is 0 Å². The van der Waals surface area contributed by atoms with Gasteiger partial charge in [0.15, 0.2) is 0 Å². The molecule has 2 aromatic heterocycles. The predicted molar refractivity (Wildman–Crippen MR) is 201 cm³/mol. The van der Waals surface area contributed by atoms with Crippen molar-refractivity contribution < 1.29 is 29.0 Å². The monoisotopic (exact) mass is 770 g/mol. The molecule has 284 valence electrons. The van der Waals surface area contributed by atoms with Gasteiger partial charge in [-0.05, 0) is 83.7 Å². The standard InChI is InChI=1S/C38H26N8O11/c1-4-38(56-36(49)34-30-25(43-54)11-24(42-53)29-28-18(33(31(29)30)44-57-34)8-16(40-51)9-23(28)41-52)21-10-26-32-15(12-46(26)35(48)20(21)14-55-37(38)50)7-17-19(13-45(2)3)27(47)6-5-22(17)39-32/h5-11,34,47H,4,12-14H2,1-3H3/t34-,38+/m1/s1. The topological polar surface area (TPSA) is 250 Å². The van der Waals surface area contributed by atoms with Crippen LogP contribution in [0.25, 0.3) is 33.4 Å². The van der Waals surface area contributed by atoms with Gasteiger partial charge in [-0.1, -0.05) is 12.1 Å². The lowest BCUT2D eigenvalue weighted by atomic mass is 9.85. The molecule has 3 aliphatic heterocycles. The molecule has 0 saturated carbocycles. The normalized spacial score (nSPS) is 18.0. The van der Waals surface area contributed by atoms with Crippen LogP contribution in [-0.4, -0.2) is 51.3 Å². The zero-order valence-corrected chi connectivity index (χ0v) is 30.1. The molecule has 5 aromatic rings. The highest BCUT2D eigenvalue weighted by Gasteiger charge is 2.53. The highest BCUT2D eigenvalue weighted by molar-refractivity contribution is 6.29. The largest absolute Gasteiger partial charge is 0.508 e. The molecule has 5 heterocycles. The molecule has 4 aliphatic rings. The number of benzene rings is 3. The first kappa shape index (κ1) is 35.3. The number of aromatic hydroxyl groups is 1. The Morgan fingerprint density at radius 1 is 0.982 bits per heavy atom. The van der Waals surface area contributed by atoms with Crippen molar-refractivity contribution in [1.82, 2.24) is 14.5 Å². The minimum atomic E-state index is -2.21. The van der Waals surface area contributed by atoms with E-state index in [1.807, 2.05) is 25.1 Å². The van der Waals surface area contributed by atoms with Crippen molar-refractivity contribution in [3.8, 4) is 28.3 Å². The number of nitroso groups, excluding NO2 is 4. The first-order chi connectivity index (χ1) is 27.5. The van der Waals surface area contributed by atoms with Crippen LogP contribution in [0.5, 0.6) is 5.75 Å². The van der Waals surface area contributed by atoms with Crippen molar-refractivity contribution in [2.75, 3.05) is 14.1 Å². The summed E-state index contributed by atoms with van der Waals surface area (Å²) in [5.74, 6) is -2.13. The third-order valence-corrected chi connectivity index (χ3v) is 10.8. The van der Waals surface area contributed by atoms with E-state index in [4.69, 9.17) is 19.3 Å². The molecular formula is C38H26N8O11. The summed E-state index contributed by atoms with van der Waals surface area (Å²) in [6.45, 7) is 1.70. The summed E-state index contributed by atoms with van der Waals surface area (Å²) in [6, 6.07) is 9.98. The molecule has 0 bridgehead atoms. The second-order valence-electron chi connectivity index (χ2n) is 14.1. The Labute approximate surface area is 318 Å². The molecule has 19 nitrogen and oxygen atoms in total. The molecule has 1 aliphatic carbocycles. The fourth-order valence-corrected chi connectivity index (χ4v) is 8.28. The van der Waals surface area contributed by atoms with Gasteiger partial charge in [0, 0.05) is 56.4 Å². The van der Waals surface area contributed by atoms with Crippen molar-refractivity contribution >= 4 is 51.3 Å². The van der Waals surface area contributed by atoms with E-state index < -0.39 is 41.5 Å². The Morgan fingerprint density at radius 3 is 2.44 bits per heavy atom. The summed E-state index contributed by atoms with van der Waals surface area (Å²) in [7, 11) is 3.74. The third kappa shape index (κ3) is 4.84. The smallest absolute Gasteiger partial charge is 0.356 e. The highest BCUT2D eigenvalue weighted by Crippen LogP contribution is 2.55. The Bertz CT molecular complexity index is 2850. The van der Waals surface area contributed by atoms with E-state index in [2.05, 4.69) is 25.9 Å². The second kappa shape index (κ2) is 12.6. The number of fused-ring (bicyclic) bond motifs is 8. The zero-order chi connectivity index (χ0) is 40.1. The van der Waals surface area contributed by atoms with Gasteiger partial charge in [0.25, 0.3) is 11.7 Å². The van der Waals surface area contributed by atoms with Gasteiger partial charge in [-0.25, -0.2) is 14.6 Å². The quantitative estimate of drug-likeness (QED) is 0.122. The average Bonchev–Trinajstić information content (AvgIpc) is 3.75. The summed E-state index contributed by atoms with van der Waals surface area (Å²) in [5.41, 5.74) is -1.50. The van der Waals surface area contributed by atoms with E-state index in [0.29, 0.717) is 40.0 Å². The molecule has 1 N–H and O–H groups in total. The molecular weight excluding hydrogens is 744 g/mol. The van der Waals surface area contributed by atoms with Gasteiger partial charge in [-0.2, -0.15) is 0 Å². The number of ether oxygens (including phenoxy) is 2. The highest BCUT2D eigenvalue weighted by atomic mass is 16.7. The number of carbonyl (C=O) groups excluding carboxylic acids is 2. The zero-order valence-electron chi connectivity index (χ0n) is 30.1. The number of carbonyl (C=O) groups is 2. The number of phenols is 1. The van der Waals surface area contributed by atoms with Crippen molar-refractivity contribution in [1.29, 1.82) is 0 Å². The van der Waals surface area contributed by atoms with Gasteiger partial charge in [-0.15, -0.1) is 19.6 Å². The molecule has 9 rings (SSSR count). The van der Waals surface area contributed by atoms with Crippen molar-refractivity contribution in [2.24, 2.45) is 25.9 Å². The van der Waals surface area contributed by atoms with Gasteiger partial charge in [0.05, 0.1) is 29.0 Å². The Kier molecular flexibility index (Phi) is 7.78. The van der Waals surface area contributed by atoms with E-state index >= 15 is 0 Å². The molecule has 0 spiro atoms. The Hall–Kier alpha value is -7.41. The summed E-state index contributed by atoms with van der Waals surface area (Å²) in [5, 5.41) is 27.3. The molecule has 0 unspecified atom stereocenters. The van der Waals surface area contributed by atoms with E-state index in [1.54, 1.807) is 25.1 Å². The molecule has 57 heavy (non-hydrogen) atoms. The molecule has 0 fully saturated rings. The lowest BCUT2D eigenvalue weighted by Crippen LogP contribution is -2.48. The first-order valence-electron chi connectivity index (χ1n) is 17.4. The van der Waals surface area contributed by atoms with E-state index in [0.717, 1.165) is 12.1 Å². The molecule has 0 radical (unpaired) electrons. The number of pyridine rings is 2. The van der Waals surface area contributed by atoms with Crippen molar-refractivity contribution in [3.63, 3.8) is 0 Å². The summed E-state index contributed by atoms with van der Waals surface area (Å²) in [4.78, 5) is 103. The van der Waals surface area contributed by atoms with Crippen LogP contribution in [0.4, 0.5) is 22.7 Å². The number of rotatable bonds is 9. The number of aromatic nitrogens is 2. The maximum atomic E-state index is 14.4. The fourth-order valence-electron chi connectivity index (χ4n) is 8.28. The van der Waals surface area contributed by atoms with Crippen LogP contribution in [0.3, 0.4) is 0 Å². The number of cyclic esters (lactones) is 1. The lowest BCUT2D eigenvalue weighted by Gasteiger charge is -2.36. The molecule has 0 amide bonds. The van der Waals surface area contributed by atoms with Gasteiger partial charge < -0.3 is 28.9 Å². The van der Waals surface area contributed by atoms with E-state index in [1.165, 1.54) is 10.6 Å². The van der Waals surface area contributed by atoms with Crippen LogP contribution in [0, 0.1) is 19.6 Å². The number of phenolic OH excluding ortho intramolecular Hbond substituents is 1. The molecule has 3 aromatic carbocycles. The number of oxime groups is 1. The average molecular weight is 771 g/mol. The number of esters is 2. The Balaban J connectivity index is 1.17. The van der Waals surface area contributed by atoms with Crippen LogP contribution in [-0.2, 0) is 49.2 Å². The van der Waals surface area contributed by atoms with Gasteiger partial charge in [0.1, 0.15) is 40.8 Å². The SMILES string of the molecule is CC[C@@]1(OC(=O)[C@@H]2ON=C3c4cc(N=O)cc(N=O)c4-c4c(N=O)cc(N=O)c2c43)C(=O)OCc2c1cc1n(c2=O)Cc2cc3c(CN(C)C)c(O)ccc3nc2-1. The first-order valence-corrected chi connectivity index (χ1v) is 17.4. The van der Waals surface area contributed by atoms with Gasteiger partial charge >= 0.3 is 11.9 Å². The lowest BCUT2D eigenvalue weighted by molar-refractivity contribution is -0.196. The van der Waals surface area contributed by atoms with Crippen LogP contribution in [0.15, 0.2) is 73.1 Å². The minimum Gasteiger partial charge on any atom is -0.508 e. The van der Waals surface area contributed by atoms with Crippen molar-refractivity contribution in [2.45, 2.75) is 44.7 Å². The number of nitrogens with zero attached hydrogens (tertiary/aromatic N) is 8. The van der Waals surface area contributed by atoms with Crippen LogP contribution in [0.1, 0.15) is 58.4 Å². The fraction of sp³-hybridized carbons (Fsp3) is 0.237. The van der Waals surface area contributed by atoms with E-state index in [9.17, 15) is 39.1 Å². The Morgan fingerprint density at radius 2 is 1.74 bits per heavy atom. The summed E-state index contributed by atoms with van der Waals surface area (Å²) in [6.07, 6.45) is -2.10. The van der Waals surface area contributed by atoms with Crippen molar-refractivity contribution in [3.05, 3.63) is 111 Å². The van der Waals surface area contributed by atoms with Crippen LogP contribution in [0.2, 0.25) is 0 Å². The molecule has 19 heteroatoms. The molecule has 0 saturated heterocycles.